The lowest BCUT2D eigenvalue weighted by Crippen LogP contribution is -2.34. The molecule has 1 saturated heterocycles. The normalized spacial score (nSPS) is 16.8. The van der Waals surface area contributed by atoms with Crippen LogP contribution in [0.25, 0.3) is 0 Å². The van der Waals surface area contributed by atoms with Gasteiger partial charge < -0.3 is 10.6 Å². The first-order chi connectivity index (χ1) is 8.18. The third kappa shape index (κ3) is 3.07. The van der Waals surface area contributed by atoms with Gasteiger partial charge >= 0.3 is 0 Å². The van der Waals surface area contributed by atoms with E-state index in [1.807, 2.05) is 25.1 Å². The fourth-order valence-corrected chi connectivity index (χ4v) is 2.43. The van der Waals surface area contributed by atoms with Crippen LogP contribution in [0.5, 0.6) is 0 Å². The molecule has 1 aliphatic rings. The van der Waals surface area contributed by atoms with Crippen molar-refractivity contribution in [2.45, 2.75) is 19.8 Å². The van der Waals surface area contributed by atoms with Crippen LogP contribution >= 0.6 is 15.9 Å². The molecule has 1 fully saturated rings. The van der Waals surface area contributed by atoms with E-state index in [1.165, 1.54) is 0 Å². The van der Waals surface area contributed by atoms with Gasteiger partial charge in [0, 0.05) is 10.4 Å². The smallest absolute Gasteiger partial charge is 0.227 e. The number of anilines is 1. The van der Waals surface area contributed by atoms with Crippen molar-refractivity contribution in [3.8, 4) is 0 Å². The Hall–Kier alpha value is -0.870. The predicted octanol–water partition coefficient (Wildman–Crippen LogP) is 2.70. The molecule has 0 saturated carbocycles. The van der Waals surface area contributed by atoms with Gasteiger partial charge in [0.15, 0.2) is 0 Å². The number of halogens is 1. The lowest BCUT2D eigenvalue weighted by molar-refractivity contribution is -0.120. The maximum absolute atomic E-state index is 12.1. The molecule has 92 valence electrons. The van der Waals surface area contributed by atoms with Gasteiger partial charge in [-0.1, -0.05) is 12.1 Å². The molecule has 1 aromatic rings. The highest BCUT2D eigenvalue weighted by atomic mass is 79.9. The molecule has 4 heteroatoms. The third-order valence-electron chi connectivity index (χ3n) is 3.16. The second-order valence-corrected chi connectivity index (χ2v) is 5.24. The molecule has 17 heavy (non-hydrogen) atoms. The first-order valence-electron chi connectivity index (χ1n) is 5.95. The Morgan fingerprint density at radius 1 is 1.41 bits per heavy atom. The molecule has 1 aromatic carbocycles. The minimum atomic E-state index is 0.137. The Labute approximate surface area is 110 Å². The number of benzene rings is 1. The molecule has 0 aromatic heterocycles. The molecule has 1 amide bonds. The average Bonchev–Trinajstić information content (AvgIpc) is 2.36. The molecule has 3 nitrogen and oxygen atoms in total. The largest absolute Gasteiger partial charge is 0.325 e. The fourth-order valence-electron chi connectivity index (χ4n) is 2.06. The Morgan fingerprint density at radius 2 is 2.12 bits per heavy atom. The Kier molecular flexibility index (Phi) is 4.18. The molecule has 0 bridgehead atoms. The summed E-state index contributed by atoms with van der Waals surface area (Å²) in [6.07, 6.45) is 1.85. The Morgan fingerprint density at radius 3 is 2.82 bits per heavy atom. The quantitative estimate of drug-likeness (QED) is 0.881. The third-order valence-corrected chi connectivity index (χ3v) is 4.21. The van der Waals surface area contributed by atoms with Gasteiger partial charge in [-0.05, 0) is 60.4 Å². The van der Waals surface area contributed by atoms with E-state index in [1.54, 1.807) is 0 Å². The van der Waals surface area contributed by atoms with E-state index in [2.05, 4.69) is 26.6 Å². The van der Waals surface area contributed by atoms with E-state index >= 15 is 0 Å². The van der Waals surface area contributed by atoms with Crippen LogP contribution in [0.3, 0.4) is 0 Å². The number of piperidine rings is 1. The monoisotopic (exact) mass is 296 g/mol. The van der Waals surface area contributed by atoms with Gasteiger partial charge in [0.25, 0.3) is 0 Å². The van der Waals surface area contributed by atoms with Crippen molar-refractivity contribution in [2.75, 3.05) is 18.4 Å². The summed E-state index contributed by atoms with van der Waals surface area (Å²) < 4.78 is 0.974. The van der Waals surface area contributed by atoms with Gasteiger partial charge in [-0.15, -0.1) is 0 Å². The lowest BCUT2D eigenvalue weighted by atomic mass is 9.97. The molecule has 0 aliphatic carbocycles. The van der Waals surface area contributed by atoms with E-state index in [0.717, 1.165) is 41.7 Å². The molecule has 2 N–H and O–H groups in total. The molecule has 0 spiro atoms. The number of amides is 1. The Bertz CT molecular complexity index is 414. The maximum atomic E-state index is 12.1. The van der Waals surface area contributed by atoms with E-state index in [0.29, 0.717) is 0 Å². The number of carbonyl (C=O) groups excluding carboxylic acids is 1. The second-order valence-electron chi connectivity index (χ2n) is 4.45. The summed E-state index contributed by atoms with van der Waals surface area (Å²) in [6.45, 7) is 3.89. The topological polar surface area (TPSA) is 41.1 Å². The van der Waals surface area contributed by atoms with E-state index in [-0.39, 0.29) is 11.8 Å². The highest BCUT2D eigenvalue weighted by Crippen LogP contribution is 2.26. The molecule has 1 heterocycles. The average molecular weight is 297 g/mol. The number of rotatable bonds is 2. The van der Waals surface area contributed by atoms with E-state index in [9.17, 15) is 4.79 Å². The fraction of sp³-hybridized carbons (Fsp3) is 0.462. The van der Waals surface area contributed by atoms with Crippen molar-refractivity contribution in [1.29, 1.82) is 0 Å². The molecule has 0 unspecified atom stereocenters. The van der Waals surface area contributed by atoms with Crippen LogP contribution < -0.4 is 10.6 Å². The number of nitrogens with one attached hydrogen (secondary N) is 2. The number of hydrogen-bond acceptors (Lipinski definition) is 2. The molecular formula is C13H17BrN2O. The SMILES string of the molecule is Cc1cccc(NC(=O)C2CCNCC2)c1Br. The molecule has 2 rings (SSSR count). The summed E-state index contributed by atoms with van der Waals surface area (Å²) in [5.74, 6) is 0.279. The maximum Gasteiger partial charge on any atom is 0.227 e. The molecule has 1 aliphatic heterocycles. The van der Waals surface area contributed by atoms with Crippen LogP contribution in [-0.2, 0) is 4.79 Å². The second kappa shape index (κ2) is 5.65. The summed E-state index contributed by atoms with van der Waals surface area (Å²) in [5.41, 5.74) is 2.00. The first-order valence-corrected chi connectivity index (χ1v) is 6.74. The molecular weight excluding hydrogens is 280 g/mol. The van der Waals surface area contributed by atoms with Crippen LogP contribution in [0.1, 0.15) is 18.4 Å². The number of carbonyl (C=O) groups is 1. The minimum Gasteiger partial charge on any atom is -0.325 e. The van der Waals surface area contributed by atoms with E-state index < -0.39 is 0 Å². The zero-order chi connectivity index (χ0) is 12.3. The summed E-state index contributed by atoms with van der Waals surface area (Å²) in [4.78, 5) is 12.1. The summed E-state index contributed by atoms with van der Waals surface area (Å²) >= 11 is 3.51. The van der Waals surface area contributed by atoms with Gasteiger partial charge in [-0.3, -0.25) is 4.79 Å². The van der Waals surface area contributed by atoms with E-state index in [4.69, 9.17) is 0 Å². The van der Waals surface area contributed by atoms with Crippen molar-refractivity contribution in [2.24, 2.45) is 5.92 Å². The van der Waals surface area contributed by atoms with Gasteiger partial charge in [0.1, 0.15) is 0 Å². The lowest BCUT2D eigenvalue weighted by Gasteiger charge is -2.22. The van der Waals surface area contributed by atoms with Crippen LogP contribution in [0, 0.1) is 12.8 Å². The summed E-state index contributed by atoms with van der Waals surface area (Å²) in [7, 11) is 0. The van der Waals surface area contributed by atoms with Gasteiger partial charge in [0.05, 0.1) is 5.69 Å². The number of aryl methyl sites for hydroxylation is 1. The van der Waals surface area contributed by atoms with Crippen molar-refractivity contribution in [1.82, 2.24) is 5.32 Å². The molecule has 0 radical (unpaired) electrons. The van der Waals surface area contributed by atoms with Crippen LogP contribution in [-0.4, -0.2) is 19.0 Å². The zero-order valence-electron chi connectivity index (χ0n) is 9.92. The molecule has 0 atom stereocenters. The van der Waals surface area contributed by atoms with Crippen molar-refractivity contribution >= 4 is 27.5 Å². The highest BCUT2D eigenvalue weighted by molar-refractivity contribution is 9.10. The van der Waals surface area contributed by atoms with Crippen LogP contribution in [0.4, 0.5) is 5.69 Å². The first kappa shape index (κ1) is 12.6. The van der Waals surface area contributed by atoms with Crippen molar-refractivity contribution < 1.29 is 4.79 Å². The van der Waals surface area contributed by atoms with Gasteiger partial charge in [-0.25, -0.2) is 0 Å². The predicted molar refractivity (Wildman–Crippen MR) is 73.1 cm³/mol. The standard InChI is InChI=1S/C13H17BrN2O/c1-9-3-2-4-11(12(9)14)16-13(17)10-5-7-15-8-6-10/h2-4,10,15H,5-8H2,1H3,(H,16,17). The van der Waals surface area contributed by atoms with Gasteiger partial charge in [-0.2, -0.15) is 0 Å². The summed E-state index contributed by atoms with van der Waals surface area (Å²) in [5, 5.41) is 6.27. The van der Waals surface area contributed by atoms with Crippen LogP contribution in [0.15, 0.2) is 22.7 Å². The van der Waals surface area contributed by atoms with Gasteiger partial charge in [0.2, 0.25) is 5.91 Å². The summed E-state index contributed by atoms with van der Waals surface area (Å²) in [6, 6.07) is 5.90. The van der Waals surface area contributed by atoms with Crippen LogP contribution in [0.2, 0.25) is 0 Å². The zero-order valence-corrected chi connectivity index (χ0v) is 11.5. The highest BCUT2D eigenvalue weighted by Gasteiger charge is 2.21. The van der Waals surface area contributed by atoms with Crippen molar-refractivity contribution in [3.63, 3.8) is 0 Å². The minimum absolute atomic E-state index is 0.137. The van der Waals surface area contributed by atoms with Crippen molar-refractivity contribution in [3.05, 3.63) is 28.2 Å². The number of hydrogen-bond donors (Lipinski definition) is 2. The Balaban J connectivity index is 2.04.